The van der Waals surface area contributed by atoms with Crippen LogP contribution in [-0.4, -0.2) is 42.1 Å². The number of amides is 1. The number of hydrogen-bond acceptors (Lipinski definition) is 6. The first kappa shape index (κ1) is 17.4. The van der Waals surface area contributed by atoms with Gasteiger partial charge in [0.2, 0.25) is 5.91 Å². The lowest BCUT2D eigenvalue weighted by atomic mass is 9.85. The molecular formula is C20H19N7O2. The Morgan fingerprint density at radius 1 is 1.21 bits per heavy atom. The first-order valence-corrected chi connectivity index (χ1v) is 9.44. The molecule has 4 heterocycles. The van der Waals surface area contributed by atoms with Crippen LogP contribution in [-0.2, 0) is 4.79 Å². The van der Waals surface area contributed by atoms with Crippen molar-refractivity contribution in [1.29, 1.82) is 0 Å². The van der Waals surface area contributed by atoms with Crippen LogP contribution in [0.1, 0.15) is 36.1 Å². The third-order valence-corrected chi connectivity index (χ3v) is 5.06. The van der Waals surface area contributed by atoms with Crippen LogP contribution in [0.15, 0.2) is 42.7 Å². The van der Waals surface area contributed by atoms with Crippen molar-refractivity contribution in [2.75, 3.05) is 11.9 Å². The Balaban J connectivity index is 1.67. The number of hydrogen-bond donors (Lipinski definition) is 1. The molecule has 146 valence electrons. The first-order chi connectivity index (χ1) is 14.2. The lowest BCUT2D eigenvalue weighted by molar-refractivity contribution is -0.116. The largest absolute Gasteiger partial charge is 0.494 e. The molecule has 5 rings (SSSR count). The molecule has 0 saturated carbocycles. The number of benzene rings is 1. The molecule has 9 nitrogen and oxygen atoms in total. The highest BCUT2D eigenvalue weighted by molar-refractivity contribution is 5.95. The molecule has 0 bridgehead atoms. The first-order valence-electron chi connectivity index (χ1n) is 9.44. The summed E-state index contributed by atoms with van der Waals surface area (Å²) in [4.78, 5) is 12.6. The third kappa shape index (κ3) is 2.82. The quantitative estimate of drug-likeness (QED) is 0.576. The Hall–Kier alpha value is -3.75. The molecule has 3 aromatic heterocycles. The minimum Gasteiger partial charge on any atom is -0.494 e. The Morgan fingerprint density at radius 2 is 2.07 bits per heavy atom. The van der Waals surface area contributed by atoms with Crippen molar-refractivity contribution in [1.82, 2.24) is 29.6 Å². The van der Waals surface area contributed by atoms with Gasteiger partial charge in [-0.2, -0.15) is 14.3 Å². The van der Waals surface area contributed by atoms with Crippen molar-refractivity contribution < 1.29 is 9.53 Å². The van der Waals surface area contributed by atoms with Gasteiger partial charge in [0.05, 0.1) is 12.3 Å². The summed E-state index contributed by atoms with van der Waals surface area (Å²) >= 11 is 0. The van der Waals surface area contributed by atoms with E-state index in [1.54, 1.807) is 15.3 Å². The number of nitrogens with one attached hydrogen (secondary N) is 1. The molecule has 1 atom stereocenters. The number of ether oxygens (including phenoxy) is 1. The van der Waals surface area contributed by atoms with Gasteiger partial charge in [0, 0.05) is 23.5 Å². The van der Waals surface area contributed by atoms with Gasteiger partial charge < -0.3 is 10.1 Å². The average molecular weight is 389 g/mol. The van der Waals surface area contributed by atoms with Gasteiger partial charge in [-0.3, -0.25) is 4.79 Å². The summed E-state index contributed by atoms with van der Waals surface area (Å²) in [6, 6.07) is 11.5. The Bertz CT molecular complexity index is 1230. The number of carbonyl (C=O) groups excluding carboxylic acids is 1. The normalized spacial score (nSPS) is 15.9. The molecule has 1 N–H and O–H groups in total. The van der Waals surface area contributed by atoms with Crippen LogP contribution in [0.2, 0.25) is 0 Å². The number of nitrogens with zero attached hydrogens (tertiary/aromatic N) is 6. The van der Waals surface area contributed by atoms with E-state index < -0.39 is 0 Å². The van der Waals surface area contributed by atoms with E-state index in [4.69, 9.17) is 4.74 Å². The van der Waals surface area contributed by atoms with E-state index in [9.17, 15) is 4.79 Å². The Kier molecular flexibility index (Phi) is 4.01. The minimum atomic E-state index is -0.145. The standard InChI is InChI=1S/C20H19N7O2/c1-3-29-15-7-5-4-6-13(15)14-10-18(28)22-20-19(14)12(2)24-27(20)17-9-8-16-23-21-11-26(16)25-17/h4-9,11,14H,3,10H2,1-2H3,(H,22,28)/t14-/m1/s1. The van der Waals surface area contributed by atoms with Crippen molar-refractivity contribution in [2.24, 2.45) is 0 Å². The zero-order chi connectivity index (χ0) is 20.0. The highest BCUT2D eigenvalue weighted by Gasteiger charge is 2.34. The molecule has 0 aliphatic carbocycles. The molecule has 0 spiro atoms. The van der Waals surface area contributed by atoms with Crippen LogP contribution >= 0.6 is 0 Å². The van der Waals surface area contributed by atoms with Crippen LogP contribution < -0.4 is 10.1 Å². The van der Waals surface area contributed by atoms with E-state index in [2.05, 4.69) is 25.7 Å². The monoisotopic (exact) mass is 389 g/mol. The molecule has 29 heavy (non-hydrogen) atoms. The highest BCUT2D eigenvalue weighted by atomic mass is 16.5. The maximum Gasteiger partial charge on any atom is 0.226 e. The van der Waals surface area contributed by atoms with Gasteiger partial charge in [-0.1, -0.05) is 18.2 Å². The summed E-state index contributed by atoms with van der Waals surface area (Å²) in [6.45, 7) is 4.45. The Morgan fingerprint density at radius 3 is 2.93 bits per heavy atom. The van der Waals surface area contributed by atoms with E-state index >= 15 is 0 Å². The van der Waals surface area contributed by atoms with Crippen molar-refractivity contribution in [3.05, 3.63) is 59.5 Å². The maximum absolute atomic E-state index is 12.6. The molecule has 1 aliphatic rings. The lowest BCUT2D eigenvalue weighted by Crippen LogP contribution is -2.25. The summed E-state index contributed by atoms with van der Waals surface area (Å²) in [5, 5.41) is 20.0. The smallest absolute Gasteiger partial charge is 0.226 e. The van der Waals surface area contributed by atoms with Crippen molar-refractivity contribution in [2.45, 2.75) is 26.2 Å². The molecule has 0 fully saturated rings. The summed E-state index contributed by atoms with van der Waals surface area (Å²) in [7, 11) is 0. The highest BCUT2D eigenvalue weighted by Crippen LogP contribution is 2.42. The van der Waals surface area contributed by atoms with Crippen LogP contribution in [0.4, 0.5) is 5.82 Å². The van der Waals surface area contributed by atoms with E-state index in [-0.39, 0.29) is 11.8 Å². The van der Waals surface area contributed by atoms with Gasteiger partial charge in [-0.05, 0) is 32.0 Å². The second kappa shape index (κ2) is 6.69. The average Bonchev–Trinajstić information content (AvgIpc) is 3.32. The molecule has 1 aromatic carbocycles. The fourth-order valence-electron chi connectivity index (χ4n) is 3.87. The van der Waals surface area contributed by atoms with Crippen molar-refractivity contribution in [3.8, 4) is 11.6 Å². The molecule has 9 heteroatoms. The van der Waals surface area contributed by atoms with E-state index in [0.717, 1.165) is 22.6 Å². The molecule has 0 unspecified atom stereocenters. The Labute approximate surface area is 166 Å². The summed E-state index contributed by atoms with van der Waals surface area (Å²) in [5.41, 5.74) is 3.43. The van der Waals surface area contributed by atoms with Crippen LogP contribution in [0.25, 0.3) is 11.5 Å². The van der Waals surface area contributed by atoms with Gasteiger partial charge in [-0.25, -0.2) is 0 Å². The summed E-state index contributed by atoms with van der Waals surface area (Å²) in [6.07, 6.45) is 1.86. The van der Waals surface area contributed by atoms with Gasteiger partial charge in [0.1, 0.15) is 17.9 Å². The maximum atomic E-state index is 12.6. The van der Waals surface area contributed by atoms with Gasteiger partial charge in [0.25, 0.3) is 0 Å². The van der Waals surface area contributed by atoms with E-state index in [1.165, 1.54) is 6.33 Å². The van der Waals surface area contributed by atoms with Crippen molar-refractivity contribution >= 4 is 17.4 Å². The number of carbonyl (C=O) groups is 1. The molecule has 0 radical (unpaired) electrons. The fourth-order valence-corrected chi connectivity index (χ4v) is 3.87. The lowest BCUT2D eigenvalue weighted by Gasteiger charge is -2.25. The second-order valence-electron chi connectivity index (χ2n) is 6.86. The van der Waals surface area contributed by atoms with E-state index in [0.29, 0.717) is 30.3 Å². The van der Waals surface area contributed by atoms with Crippen LogP contribution in [0, 0.1) is 6.92 Å². The molecule has 1 amide bonds. The summed E-state index contributed by atoms with van der Waals surface area (Å²) in [5.74, 6) is 1.78. The number of anilines is 1. The molecular weight excluding hydrogens is 370 g/mol. The van der Waals surface area contributed by atoms with Gasteiger partial charge in [0.15, 0.2) is 11.5 Å². The van der Waals surface area contributed by atoms with E-state index in [1.807, 2.05) is 44.2 Å². The zero-order valence-corrected chi connectivity index (χ0v) is 16.0. The number of fused-ring (bicyclic) bond motifs is 2. The SMILES string of the molecule is CCOc1ccccc1[C@H]1CC(=O)Nc2c1c(C)nn2-c1ccc2nncn2n1. The topological polar surface area (TPSA) is 99.2 Å². The number of para-hydroxylation sites is 1. The molecule has 1 aliphatic heterocycles. The van der Waals surface area contributed by atoms with Crippen LogP contribution in [0.5, 0.6) is 5.75 Å². The predicted octanol–water partition coefficient (Wildman–Crippen LogP) is 2.49. The third-order valence-electron chi connectivity index (χ3n) is 5.06. The predicted molar refractivity (Wildman–Crippen MR) is 105 cm³/mol. The zero-order valence-electron chi connectivity index (χ0n) is 16.0. The summed E-state index contributed by atoms with van der Waals surface area (Å²) < 4.78 is 9.06. The minimum absolute atomic E-state index is 0.0691. The molecule has 0 saturated heterocycles. The number of aryl methyl sites for hydroxylation is 1. The van der Waals surface area contributed by atoms with Gasteiger partial charge >= 0.3 is 0 Å². The fraction of sp³-hybridized carbons (Fsp3) is 0.250. The number of aromatic nitrogens is 6. The number of rotatable bonds is 4. The van der Waals surface area contributed by atoms with Crippen molar-refractivity contribution in [3.63, 3.8) is 0 Å². The molecule has 4 aromatic rings. The van der Waals surface area contributed by atoms with Gasteiger partial charge in [-0.15, -0.1) is 15.3 Å². The second-order valence-corrected chi connectivity index (χ2v) is 6.86. The van der Waals surface area contributed by atoms with Crippen LogP contribution in [0.3, 0.4) is 0 Å².